The first-order chi connectivity index (χ1) is 10.0. The second-order valence-electron chi connectivity index (χ2n) is 6.35. The average Bonchev–Trinajstić information content (AvgIpc) is 2.96. The molecule has 1 atom stereocenters. The molecule has 0 spiro atoms. The molecule has 0 aromatic heterocycles. The monoisotopic (exact) mass is 297 g/mol. The molecule has 0 aliphatic carbocycles. The summed E-state index contributed by atoms with van der Waals surface area (Å²) in [6.07, 6.45) is 3.22. The SMILES string of the molecule is COCC1(C(=O)N2CCCC2C(=O)N(C)C)CCNCC1. The number of carbonyl (C=O) groups is 2. The van der Waals surface area contributed by atoms with E-state index in [9.17, 15) is 9.59 Å². The number of likely N-dealkylation sites (tertiary alicyclic amines) is 1. The lowest BCUT2D eigenvalue weighted by molar-refractivity contribution is -0.153. The van der Waals surface area contributed by atoms with Gasteiger partial charge in [-0.3, -0.25) is 9.59 Å². The van der Waals surface area contributed by atoms with Crippen LogP contribution < -0.4 is 5.32 Å². The Hall–Kier alpha value is -1.14. The van der Waals surface area contributed by atoms with Gasteiger partial charge in [0.2, 0.25) is 11.8 Å². The van der Waals surface area contributed by atoms with Gasteiger partial charge in [0, 0.05) is 27.7 Å². The van der Waals surface area contributed by atoms with Crippen molar-refractivity contribution in [3.8, 4) is 0 Å². The van der Waals surface area contributed by atoms with Gasteiger partial charge >= 0.3 is 0 Å². The van der Waals surface area contributed by atoms with Gasteiger partial charge in [0.1, 0.15) is 6.04 Å². The molecule has 0 radical (unpaired) electrons. The Kier molecular flexibility index (Phi) is 5.22. The van der Waals surface area contributed by atoms with Crippen molar-refractivity contribution in [2.24, 2.45) is 5.41 Å². The van der Waals surface area contributed by atoms with Crippen LogP contribution in [0, 0.1) is 5.41 Å². The molecule has 0 bridgehead atoms. The predicted molar refractivity (Wildman–Crippen MR) is 79.8 cm³/mol. The van der Waals surface area contributed by atoms with Gasteiger partial charge in [0.25, 0.3) is 0 Å². The number of nitrogens with one attached hydrogen (secondary N) is 1. The van der Waals surface area contributed by atoms with Crippen molar-refractivity contribution in [3.63, 3.8) is 0 Å². The minimum Gasteiger partial charge on any atom is -0.384 e. The molecule has 21 heavy (non-hydrogen) atoms. The van der Waals surface area contributed by atoms with Crippen LogP contribution in [-0.4, -0.2) is 75.1 Å². The molecule has 2 amide bonds. The summed E-state index contributed by atoms with van der Waals surface area (Å²) in [4.78, 5) is 28.8. The Morgan fingerprint density at radius 3 is 2.57 bits per heavy atom. The molecule has 2 rings (SSSR count). The fourth-order valence-corrected chi connectivity index (χ4v) is 3.47. The maximum Gasteiger partial charge on any atom is 0.244 e. The van der Waals surface area contributed by atoms with E-state index in [1.807, 2.05) is 0 Å². The normalized spacial score (nSPS) is 24.9. The van der Waals surface area contributed by atoms with Crippen molar-refractivity contribution >= 4 is 11.8 Å². The summed E-state index contributed by atoms with van der Waals surface area (Å²) in [5, 5.41) is 3.29. The number of ether oxygens (including phenoxy) is 1. The molecule has 0 saturated carbocycles. The summed E-state index contributed by atoms with van der Waals surface area (Å²) < 4.78 is 5.34. The van der Waals surface area contributed by atoms with Crippen LogP contribution in [-0.2, 0) is 14.3 Å². The van der Waals surface area contributed by atoms with E-state index < -0.39 is 5.41 Å². The Bertz CT molecular complexity index is 386. The molecule has 1 N–H and O–H groups in total. The lowest BCUT2D eigenvalue weighted by Crippen LogP contribution is -2.55. The van der Waals surface area contributed by atoms with Gasteiger partial charge in [0.05, 0.1) is 12.0 Å². The average molecular weight is 297 g/mol. The minimum atomic E-state index is -0.463. The van der Waals surface area contributed by atoms with Crippen LogP contribution in [0.25, 0.3) is 0 Å². The third-order valence-corrected chi connectivity index (χ3v) is 4.67. The molecule has 0 aromatic rings. The number of nitrogens with zero attached hydrogens (tertiary/aromatic N) is 2. The third-order valence-electron chi connectivity index (χ3n) is 4.67. The highest BCUT2D eigenvalue weighted by molar-refractivity contribution is 5.90. The van der Waals surface area contributed by atoms with Crippen molar-refractivity contribution in [2.45, 2.75) is 31.7 Å². The van der Waals surface area contributed by atoms with Crippen LogP contribution >= 0.6 is 0 Å². The molecule has 0 aromatic carbocycles. The number of rotatable bonds is 4. The molecular formula is C15H27N3O3. The van der Waals surface area contributed by atoms with Gasteiger partial charge in [-0.25, -0.2) is 0 Å². The Labute approximate surface area is 126 Å². The van der Waals surface area contributed by atoms with E-state index in [1.54, 1.807) is 31.0 Å². The molecule has 1 unspecified atom stereocenters. The van der Waals surface area contributed by atoms with Crippen molar-refractivity contribution < 1.29 is 14.3 Å². The number of methoxy groups -OCH3 is 1. The van der Waals surface area contributed by atoms with E-state index in [2.05, 4.69) is 5.32 Å². The molecule has 2 aliphatic heterocycles. The summed E-state index contributed by atoms with van der Waals surface area (Å²) in [6.45, 7) is 2.78. The quantitative estimate of drug-likeness (QED) is 0.798. The van der Waals surface area contributed by atoms with Crippen LogP contribution in [0.3, 0.4) is 0 Å². The number of carbonyl (C=O) groups excluding carboxylic acids is 2. The zero-order valence-corrected chi connectivity index (χ0v) is 13.4. The van der Waals surface area contributed by atoms with Gasteiger partial charge in [-0.15, -0.1) is 0 Å². The first kappa shape index (κ1) is 16.2. The summed E-state index contributed by atoms with van der Waals surface area (Å²) in [5.41, 5.74) is -0.463. The summed E-state index contributed by atoms with van der Waals surface area (Å²) >= 11 is 0. The van der Waals surface area contributed by atoms with E-state index in [4.69, 9.17) is 4.74 Å². The van der Waals surface area contributed by atoms with Gasteiger partial charge < -0.3 is 19.9 Å². The molecular weight excluding hydrogens is 270 g/mol. The predicted octanol–water partition coefficient (Wildman–Crippen LogP) is 0.0818. The molecule has 2 fully saturated rings. The van der Waals surface area contributed by atoms with Gasteiger partial charge in [-0.2, -0.15) is 0 Å². The van der Waals surface area contributed by atoms with Crippen molar-refractivity contribution in [1.82, 2.24) is 15.1 Å². The molecule has 6 nitrogen and oxygen atoms in total. The second-order valence-corrected chi connectivity index (χ2v) is 6.35. The molecule has 120 valence electrons. The lowest BCUT2D eigenvalue weighted by Gasteiger charge is -2.40. The van der Waals surface area contributed by atoms with Crippen LogP contribution in [0.4, 0.5) is 0 Å². The lowest BCUT2D eigenvalue weighted by atomic mass is 9.78. The number of likely N-dealkylation sites (N-methyl/N-ethyl adjacent to an activating group) is 1. The summed E-state index contributed by atoms with van der Waals surface area (Å²) in [5.74, 6) is 0.130. The summed E-state index contributed by atoms with van der Waals surface area (Å²) in [7, 11) is 5.14. The maximum atomic E-state index is 13.1. The van der Waals surface area contributed by atoms with E-state index in [-0.39, 0.29) is 17.9 Å². The standard InChI is InChI=1S/C15H27N3O3/c1-17(2)13(19)12-5-4-10-18(12)14(20)15(11-21-3)6-8-16-9-7-15/h12,16H,4-11H2,1-3H3. The van der Waals surface area contributed by atoms with E-state index in [0.29, 0.717) is 13.2 Å². The van der Waals surface area contributed by atoms with Gasteiger partial charge in [-0.05, 0) is 38.8 Å². The minimum absolute atomic E-state index is 0.0300. The van der Waals surface area contributed by atoms with Gasteiger partial charge in [-0.1, -0.05) is 0 Å². The zero-order valence-electron chi connectivity index (χ0n) is 13.4. The number of piperidine rings is 1. The molecule has 2 aliphatic rings. The van der Waals surface area contributed by atoms with E-state index in [0.717, 1.165) is 38.8 Å². The van der Waals surface area contributed by atoms with Crippen LogP contribution in [0.15, 0.2) is 0 Å². The smallest absolute Gasteiger partial charge is 0.244 e. The molecule has 2 heterocycles. The van der Waals surface area contributed by atoms with E-state index >= 15 is 0 Å². The van der Waals surface area contributed by atoms with Crippen molar-refractivity contribution in [2.75, 3.05) is 47.4 Å². The topological polar surface area (TPSA) is 61.9 Å². The molecule has 2 saturated heterocycles. The van der Waals surface area contributed by atoms with Crippen LogP contribution in [0.2, 0.25) is 0 Å². The Balaban J connectivity index is 2.17. The van der Waals surface area contributed by atoms with Gasteiger partial charge in [0.15, 0.2) is 0 Å². The maximum absolute atomic E-state index is 13.1. The number of hydrogen-bond donors (Lipinski definition) is 1. The number of hydrogen-bond acceptors (Lipinski definition) is 4. The fourth-order valence-electron chi connectivity index (χ4n) is 3.47. The first-order valence-electron chi connectivity index (χ1n) is 7.74. The highest BCUT2D eigenvalue weighted by Crippen LogP contribution is 2.34. The number of amides is 2. The first-order valence-corrected chi connectivity index (χ1v) is 7.74. The summed E-state index contributed by atoms with van der Waals surface area (Å²) in [6, 6.07) is -0.295. The highest BCUT2D eigenvalue weighted by Gasteiger charge is 2.46. The molecule has 6 heteroatoms. The second kappa shape index (κ2) is 6.75. The Morgan fingerprint density at radius 2 is 2.00 bits per heavy atom. The van der Waals surface area contributed by atoms with Crippen molar-refractivity contribution in [3.05, 3.63) is 0 Å². The Morgan fingerprint density at radius 1 is 1.33 bits per heavy atom. The zero-order chi connectivity index (χ0) is 15.5. The third kappa shape index (κ3) is 3.21. The van der Waals surface area contributed by atoms with E-state index in [1.165, 1.54) is 0 Å². The largest absolute Gasteiger partial charge is 0.384 e. The van der Waals surface area contributed by atoms with Crippen molar-refractivity contribution in [1.29, 1.82) is 0 Å². The van der Waals surface area contributed by atoms with Crippen LogP contribution in [0.5, 0.6) is 0 Å². The van der Waals surface area contributed by atoms with Crippen LogP contribution in [0.1, 0.15) is 25.7 Å². The fraction of sp³-hybridized carbons (Fsp3) is 0.867. The highest BCUT2D eigenvalue weighted by atomic mass is 16.5.